The molecule has 1 aliphatic heterocycles. The summed E-state index contributed by atoms with van der Waals surface area (Å²) in [5, 5.41) is 10.6. The van der Waals surface area contributed by atoms with E-state index in [0.29, 0.717) is 18.4 Å². The lowest BCUT2D eigenvalue weighted by atomic mass is 10.1. The van der Waals surface area contributed by atoms with E-state index in [-0.39, 0.29) is 11.4 Å². The van der Waals surface area contributed by atoms with Gasteiger partial charge in [0.2, 0.25) is 0 Å². The molecule has 1 aromatic rings. The average Bonchev–Trinajstić information content (AvgIpc) is 2.82. The normalized spacial score (nSPS) is 19.9. The lowest BCUT2D eigenvalue weighted by Gasteiger charge is -2.11. The second kappa shape index (κ2) is 6.21. The van der Waals surface area contributed by atoms with Crippen LogP contribution in [0.3, 0.4) is 0 Å². The number of ether oxygens (including phenoxy) is 1. The zero-order valence-corrected chi connectivity index (χ0v) is 11.8. The van der Waals surface area contributed by atoms with Crippen molar-refractivity contribution in [1.82, 2.24) is 0 Å². The van der Waals surface area contributed by atoms with E-state index in [0.717, 1.165) is 6.08 Å². The molecule has 0 N–H and O–H groups in total. The standard InChI is InChI=1S/C15H14F3NO3/c1-2-3-12-9-13(15(16,17)18)14(22-12)8-10-4-6-11(7-5-10)19(20)21/h4-9,12H,2-3H2,1H3/b14-8-. The second-order valence-corrected chi connectivity index (χ2v) is 4.88. The third kappa shape index (κ3) is 3.66. The van der Waals surface area contributed by atoms with Crippen molar-refractivity contribution in [1.29, 1.82) is 0 Å². The monoisotopic (exact) mass is 313 g/mol. The smallest absolute Gasteiger partial charge is 0.419 e. The highest BCUT2D eigenvalue weighted by atomic mass is 19.4. The molecular formula is C15H14F3NO3. The van der Waals surface area contributed by atoms with Crippen LogP contribution in [-0.2, 0) is 4.74 Å². The summed E-state index contributed by atoms with van der Waals surface area (Å²) in [7, 11) is 0. The highest BCUT2D eigenvalue weighted by Gasteiger charge is 2.41. The quantitative estimate of drug-likeness (QED) is 0.602. The van der Waals surface area contributed by atoms with Gasteiger partial charge in [-0.15, -0.1) is 0 Å². The van der Waals surface area contributed by atoms with E-state index in [1.54, 1.807) is 0 Å². The Kier molecular flexibility index (Phi) is 4.54. The summed E-state index contributed by atoms with van der Waals surface area (Å²) in [5.41, 5.74) is -0.512. The minimum absolute atomic E-state index is 0.120. The number of allylic oxidation sites excluding steroid dienone is 1. The van der Waals surface area contributed by atoms with Crippen LogP contribution in [0.2, 0.25) is 0 Å². The predicted molar refractivity (Wildman–Crippen MR) is 75.0 cm³/mol. The fraction of sp³-hybridized carbons (Fsp3) is 0.333. The molecule has 0 radical (unpaired) electrons. The van der Waals surface area contributed by atoms with Gasteiger partial charge in [0, 0.05) is 12.1 Å². The summed E-state index contributed by atoms with van der Waals surface area (Å²) in [6.45, 7) is 1.86. The van der Waals surface area contributed by atoms with Crippen molar-refractivity contribution in [3.05, 3.63) is 57.4 Å². The predicted octanol–water partition coefficient (Wildman–Crippen LogP) is 4.62. The molecule has 0 amide bonds. The van der Waals surface area contributed by atoms with Crippen LogP contribution >= 0.6 is 0 Å². The van der Waals surface area contributed by atoms with Gasteiger partial charge in [-0.2, -0.15) is 13.2 Å². The lowest BCUT2D eigenvalue weighted by molar-refractivity contribution is -0.384. The Morgan fingerprint density at radius 2 is 1.95 bits per heavy atom. The number of non-ortho nitro benzene ring substituents is 1. The van der Waals surface area contributed by atoms with Crippen molar-refractivity contribution in [2.24, 2.45) is 0 Å². The van der Waals surface area contributed by atoms with Gasteiger partial charge in [-0.25, -0.2) is 0 Å². The van der Waals surface area contributed by atoms with Gasteiger partial charge in [0.25, 0.3) is 5.69 Å². The molecule has 0 aromatic heterocycles. The van der Waals surface area contributed by atoms with Crippen LogP contribution in [0.25, 0.3) is 6.08 Å². The summed E-state index contributed by atoms with van der Waals surface area (Å²) < 4.78 is 44.4. The highest BCUT2D eigenvalue weighted by Crippen LogP contribution is 2.39. The first-order valence-corrected chi connectivity index (χ1v) is 6.73. The van der Waals surface area contributed by atoms with Gasteiger partial charge in [0.1, 0.15) is 11.9 Å². The first-order chi connectivity index (χ1) is 10.3. The molecule has 1 aromatic carbocycles. The molecule has 2 rings (SSSR count). The molecule has 1 heterocycles. The van der Waals surface area contributed by atoms with Gasteiger partial charge in [-0.05, 0) is 36.3 Å². The van der Waals surface area contributed by atoms with Crippen LogP contribution in [0.15, 0.2) is 41.7 Å². The Bertz CT molecular complexity index is 618. The number of halogens is 3. The number of nitro benzene ring substituents is 1. The number of hydrogen-bond donors (Lipinski definition) is 0. The Morgan fingerprint density at radius 3 is 2.45 bits per heavy atom. The lowest BCUT2D eigenvalue weighted by Crippen LogP contribution is -2.11. The molecule has 22 heavy (non-hydrogen) atoms. The molecule has 0 fully saturated rings. The molecule has 0 saturated carbocycles. The maximum atomic E-state index is 13.0. The fourth-order valence-electron chi connectivity index (χ4n) is 2.14. The van der Waals surface area contributed by atoms with E-state index in [1.807, 2.05) is 6.92 Å². The Labute approximate surface area is 125 Å². The topological polar surface area (TPSA) is 52.4 Å². The Balaban J connectivity index is 2.29. The van der Waals surface area contributed by atoms with E-state index >= 15 is 0 Å². The molecule has 7 heteroatoms. The second-order valence-electron chi connectivity index (χ2n) is 4.88. The first kappa shape index (κ1) is 16.1. The fourth-order valence-corrected chi connectivity index (χ4v) is 2.14. The zero-order valence-electron chi connectivity index (χ0n) is 11.8. The molecule has 1 aliphatic rings. The average molecular weight is 313 g/mol. The van der Waals surface area contributed by atoms with Crippen LogP contribution in [0.4, 0.5) is 18.9 Å². The van der Waals surface area contributed by atoms with E-state index < -0.39 is 22.8 Å². The van der Waals surface area contributed by atoms with Crippen molar-refractivity contribution < 1.29 is 22.8 Å². The van der Waals surface area contributed by atoms with Gasteiger partial charge in [-0.3, -0.25) is 10.1 Å². The molecule has 0 spiro atoms. The maximum absolute atomic E-state index is 13.0. The third-order valence-electron chi connectivity index (χ3n) is 3.18. The first-order valence-electron chi connectivity index (χ1n) is 6.73. The van der Waals surface area contributed by atoms with E-state index in [4.69, 9.17) is 4.74 Å². The van der Waals surface area contributed by atoms with Crippen molar-refractivity contribution in [2.45, 2.75) is 32.0 Å². The van der Waals surface area contributed by atoms with E-state index in [1.165, 1.54) is 30.3 Å². The minimum atomic E-state index is -4.49. The summed E-state index contributed by atoms with van der Waals surface area (Å²) in [6, 6.07) is 5.25. The molecule has 0 bridgehead atoms. The summed E-state index contributed by atoms with van der Waals surface area (Å²) in [4.78, 5) is 9.99. The Morgan fingerprint density at radius 1 is 1.32 bits per heavy atom. The zero-order chi connectivity index (χ0) is 16.3. The van der Waals surface area contributed by atoms with Gasteiger partial charge in [0.05, 0.1) is 10.5 Å². The van der Waals surface area contributed by atoms with Gasteiger partial charge in [-0.1, -0.05) is 13.3 Å². The number of benzene rings is 1. The van der Waals surface area contributed by atoms with Crippen LogP contribution in [0.5, 0.6) is 0 Å². The number of alkyl halides is 3. The van der Waals surface area contributed by atoms with Crippen LogP contribution in [0, 0.1) is 10.1 Å². The summed E-state index contributed by atoms with van der Waals surface area (Å²) >= 11 is 0. The van der Waals surface area contributed by atoms with Crippen molar-refractivity contribution in [3.8, 4) is 0 Å². The van der Waals surface area contributed by atoms with Crippen molar-refractivity contribution in [2.75, 3.05) is 0 Å². The molecule has 4 nitrogen and oxygen atoms in total. The number of nitro groups is 1. The Hall–Kier alpha value is -2.31. The largest absolute Gasteiger partial charge is 0.486 e. The van der Waals surface area contributed by atoms with Crippen LogP contribution < -0.4 is 0 Å². The molecule has 0 saturated heterocycles. The van der Waals surface area contributed by atoms with Crippen LogP contribution in [0.1, 0.15) is 25.3 Å². The SMILES string of the molecule is CCCC1C=C(C(F)(F)F)/C(=C/c2ccc([N+](=O)[O-])cc2)O1. The molecule has 118 valence electrons. The summed E-state index contributed by atoms with van der Waals surface area (Å²) in [6.07, 6.45) is -1.55. The summed E-state index contributed by atoms with van der Waals surface area (Å²) in [5.74, 6) is -0.250. The maximum Gasteiger partial charge on any atom is 0.419 e. The number of rotatable bonds is 4. The van der Waals surface area contributed by atoms with E-state index in [9.17, 15) is 23.3 Å². The number of hydrogen-bond acceptors (Lipinski definition) is 3. The van der Waals surface area contributed by atoms with Crippen molar-refractivity contribution in [3.63, 3.8) is 0 Å². The minimum Gasteiger partial charge on any atom is -0.486 e. The number of nitrogens with zero attached hydrogens (tertiary/aromatic N) is 1. The van der Waals surface area contributed by atoms with Crippen molar-refractivity contribution >= 4 is 11.8 Å². The third-order valence-corrected chi connectivity index (χ3v) is 3.18. The van der Waals surface area contributed by atoms with Gasteiger partial charge in [0.15, 0.2) is 0 Å². The highest BCUT2D eigenvalue weighted by molar-refractivity contribution is 5.59. The molecule has 1 unspecified atom stereocenters. The van der Waals surface area contributed by atoms with Crippen LogP contribution in [-0.4, -0.2) is 17.2 Å². The van der Waals surface area contributed by atoms with Gasteiger partial charge >= 0.3 is 6.18 Å². The molecule has 1 atom stereocenters. The van der Waals surface area contributed by atoms with E-state index in [2.05, 4.69) is 0 Å². The molecular weight excluding hydrogens is 299 g/mol. The van der Waals surface area contributed by atoms with Gasteiger partial charge < -0.3 is 4.74 Å². The molecule has 0 aliphatic carbocycles.